The van der Waals surface area contributed by atoms with Crippen LogP contribution in [0, 0.1) is 0 Å². The number of aromatic nitrogens is 4. The SMILES string of the molecule is Clc1ccc2nc(CN3CCN(c4ncccn4)CC3)cn2c1. The molecular weight excluding hydrogens is 312 g/mol. The summed E-state index contributed by atoms with van der Waals surface area (Å²) in [5.74, 6) is 0.814. The van der Waals surface area contributed by atoms with Crippen LogP contribution in [0.3, 0.4) is 0 Å². The van der Waals surface area contributed by atoms with Gasteiger partial charge < -0.3 is 9.30 Å². The van der Waals surface area contributed by atoms with E-state index in [4.69, 9.17) is 11.6 Å². The van der Waals surface area contributed by atoms with E-state index in [1.807, 2.05) is 35.0 Å². The molecule has 23 heavy (non-hydrogen) atoms. The third-order valence-corrected chi connectivity index (χ3v) is 4.28. The minimum absolute atomic E-state index is 0.720. The Morgan fingerprint density at radius 1 is 1.00 bits per heavy atom. The third-order valence-electron chi connectivity index (χ3n) is 4.06. The maximum absolute atomic E-state index is 6.02. The predicted octanol–water partition coefficient (Wildman–Crippen LogP) is 2.10. The predicted molar refractivity (Wildman–Crippen MR) is 89.7 cm³/mol. The highest BCUT2D eigenvalue weighted by atomic mass is 35.5. The molecule has 3 aromatic heterocycles. The third kappa shape index (κ3) is 3.13. The number of nitrogens with zero attached hydrogens (tertiary/aromatic N) is 6. The molecule has 0 bridgehead atoms. The first-order chi connectivity index (χ1) is 11.3. The van der Waals surface area contributed by atoms with E-state index in [9.17, 15) is 0 Å². The van der Waals surface area contributed by atoms with Crippen LogP contribution in [0.2, 0.25) is 5.02 Å². The van der Waals surface area contributed by atoms with Crippen LogP contribution in [-0.4, -0.2) is 50.4 Å². The van der Waals surface area contributed by atoms with Gasteiger partial charge in [-0.15, -0.1) is 0 Å². The quantitative estimate of drug-likeness (QED) is 0.737. The standard InChI is InChI=1S/C16H17ClN6/c17-13-2-3-15-20-14(12-23(15)10-13)11-21-6-8-22(9-7-21)16-18-4-1-5-19-16/h1-5,10,12H,6-9,11H2. The minimum Gasteiger partial charge on any atom is -0.338 e. The second kappa shape index (κ2) is 6.14. The van der Waals surface area contributed by atoms with Crippen LogP contribution < -0.4 is 4.90 Å². The second-order valence-corrected chi connectivity index (χ2v) is 6.09. The van der Waals surface area contributed by atoms with E-state index in [1.54, 1.807) is 12.4 Å². The van der Waals surface area contributed by atoms with E-state index in [2.05, 4.69) is 24.8 Å². The Hall–Kier alpha value is -2.18. The monoisotopic (exact) mass is 328 g/mol. The highest BCUT2D eigenvalue weighted by Crippen LogP contribution is 2.15. The molecule has 1 aliphatic heterocycles. The fourth-order valence-corrected chi connectivity index (χ4v) is 3.05. The molecule has 1 fully saturated rings. The molecule has 0 unspecified atom stereocenters. The number of rotatable bonds is 3. The fourth-order valence-electron chi connectivity index (χ4n) is 2.88. The van der Waals surface area contributed by atoms with Gasteiger partial charge in [-0.25, -0.2) is 15.0 Å². The average molecular weight is 329 g/mol. The van der Waals surface area contributed by atoms with Crippen molar-refractivity contribution < 1.29 is 0 Å². The van der Waals surface area contributed by atoms with Crippen molar-refractivity contribution in [3.63, 3.8) is 0 Å². The van der Waals surface area contributed by atoms with Crippen LogP contribution in [0.25, 0.3) is 5.65 Å². The number of fused-ring (bicyclic) bond motifs is 1. The van der Waals surface area contributed by atoms with E-state index in [0.29, 0.717) is 0 Å². The van der Waals surface area contributed by atoms with Crippen molar-refractivity contribution in [2.24, 2.45) is 0 Å². The Kier molecular flexibility index (Phi) is 3.85. The molecule has 0 radical (unpaired) electrons. The molecule has 4 rings (SSSR count). The number of anilines is 1. The normalized spacial score (nSPS) is 16.1. The second-order valence-electron chi connectivity index (χ2n) is 5.66. The molecule has 0 atom stereocenters. The summed E-state index contributed by atoms with van der Waals surface area (Å²) < 4.78 is 1.98. The zero-order valence-electron chi connectivity index (χ0n) is 12.6. The Morgan fingerprint density at radius 2 is 1.78 bits per heavy atom. The van der Waals surface area contributed by atoms with Crippen LogP contribution in [0.1, 0.15) is 5.69 Å². The van der Waals surface area contributed by atoms with Gasteiger partial charge in [-0.3, -0.25) is 4.90 Å². The van der Waals surface area contributed by atoms with Crippen molar-refractivity contribution >= 4 is 23.2 Å². The zero-order chi connectivity index (χ0) is 15.6. The molecule has 0 amide bonds. The molecule has 7 heteroatoms. The zero-order valence-corrected chi connectivity index (χ0v) is 13.4. The molecule has 4 heterocycles. The molecular formula is C16H17ClN6. The van der Waals surface area contributed by atoms with Crippen LogP contribution in [0.15, 0.2) is 43.0 Å². The van der Waals surface area contributed by atoms with Gasteiger partial charge >= 0.3 is 0 Å². The van der Waals surface area contributed by atoms with Crippen LogP contribution in [0.5, 0.6) is 0 Å². The van der Waals surface area contributed by atoms with Crippen LogP contribution in [-0.2, 0) is 6.54 Å². The highest BCUT2D eigenvalue weighted by Gasteiger charge is 2.19. The lowest BCUT2D eigenvalue weighted by Gasteiger charge is -2.34. The smallest absolute Gasteiger partial charge is 0.225 e. The molecule has 118 valence electrons. The lowest BCUT2D eigenvalue weighted by molar-refractivity contribution is 0.246. The van der Waals surface area contributed by atoms with Gasteiger partial charge in [0.15, 0.2) is 0 Å². The number of halogens is 1. The lowest BCUT2D eigenvalue weighted by Crippen LogP contribution is -2.46. The number of hydrogen-bond acceptors (Lipinski definition) is 5. The van der Waals surface area contributed by atoms with E-state index < -0.39 is 0 Å². The van der Waals surface area contributed by atoms with Gasteiger partial charge in [0.2, 0.25) is 5.95 Å². The molecule has 1 aliphatic rings. The molecule has 6 nitrogen and oxygen atoms in total. The van der Waals surface area contributed by atoms with Gasteiger partial charge in [0, 0.05) is 57.5 Å². The first-order valence-corrected chi connectivity index (χ1v) is 8.03. The number of imidazole rings is 1. The average Bonchev–Trinajstić information content (AvgIpc) is 2.97. The van der Waals surface area contributed by atoms with E-state index in [1.165, 1.54) is 0 Å². The maximum Gasteiger partial charge on any atom is 0.225 e. The molecule has 0 N–H and O–H groups in total. The summed E-state index contributed by atoms with van der Waals surface area (Å²) in [7, 11) is 0. The highest BCUT2D eigenvalue weighted by molar-refractivity contribution is 6.30. The summed E-state index contributed by atoms with van der Waals surface area (Å²) in [5.41, 5.74) is 2.00. The minimum atomic E-state index is 0.720. The van der Waals surface area contributed by atoms with Gasteiger partial charge in [0.1, 0.15) is 5.65 Å². The molecule has 0 saturated carbocycles. The van der Waals surface area contributed by atoms with Gasteiger partial charge in [-0.2, -0.15) is 0 Å². The Balaban J connectivity index is 1.40. The largest absolute Gasteiger partial charge is 0.338 e. The lowest BCUT2D eigenvalue weighted by atomic mass is 10.3. The van der Waals surface area contributed by atoms with Crippen molar-refractivity contribution in [3.05, 3.63) is 53.7 Å². The molecule has 0 aromatic carbocycles. The summed E-state index contributed by atoms with van der Waals surface area (Å²) in [4.78, 5) is 17.9. The summed E-state index contributed by atoms with van der Waals surface area (Å²) in [6, 6.07) is 5.65. The van der Waals surface area contributed by atoms with Crippen LogP contribution in [0.4, 0.5) is 5.95 Å². The number of pyridine rings is 1. The summed E-state index contributed by atoms with van der Waals surface area (Å²) >= 11 is 6.02. The molecule has 1 saturated heterocycles. The van der Waals surface area contributed by atoms with Gasteiger partial charge in [-0.1, -0.05) is 11.6 Å². The Labute approximate surface area is 139 Å². The van der Waals surface area contributed by atoms with E-state index >= 15 is 0 Å². The Bertz CT molecular complexity index is 795. The van der Waals surface area contributed by atoms with Gasteiger partial charge in [-0.05, 0) is 18.2 Å². The van der Waals surface area contributed by atoms with E-state index in [0.717, 1.165) is 55.0 Å². The topological polar surface area (TPSA) is 49.6 Å². The van der Waals surface area contributed by atoms with E-state index in [-0.39, 0.29) is 0 Å². The first-order valence-electron chi connectivity index (χ1n) is 7.65. The first kappa shape index (κ1) is 14.4. The molecule has 0 aliphatic carbocycles. The van der Waals surface area contributed by atoms with Crippen molar-refractivity contribution in [2.75, 3.05) is 31.1 Å². The fraction of sp³-hybridized carbons (Fsp3) is 0.312. The van der Waals surface area contributed by atoms with Gasteiger partial charge in [0.25, 0.3) is 0 Å². The number of piperazine rings is 1. The summed E-state index contributed by atoms with van der Waals surface area (Å²) in [6.07, 6.45) is 7.51. The molecule has 3 aromatic rings. The summed E-state index contributed by atoms with van der Waals surface area (Å²) in [5, 5.41) is 0.720. The van der Waals surface area contributed by atoms with Crippen molar-refractivity contribution in [2.45, 2.75) is 6.54 Å². The van der Waals surface area contributed by atoms with Crippen molar-refractivity contribution in [1.82, 2.24) is 24.3 Å². The number of hydrogen-bond donors (Lipinski definition) is 0. The summed E-state index contributed by atoms with van der Waals surface area (Å²) in [6.45, 7) is 4.68. The van der Waals surface area contributed by atoms with Gasteiger partial charge in [0.05, 0.1) is 10.7 Å². The molecule has 0 spiro atoms. The van der Waals surface area contributed by atoms with Crippen molar-refractivity contribution in [1.29, 1.82) is 0 Å². The Morgan fingerprint density at radius 3 is 2.57 bits per heavy atom. The maximum atomic E-state index is 6.02. The van der Waals surface area contributed by atoms with Crippen molar-refractivity contribution in [3.8, 4) is 0 Å². The van der Waals surface area contributed by atoms with Crippen LogP contribution >= 0.6 is 11.6 Å².